The standard InChI is InChI=1S/C27H38N6O/c1-4-6-7-11-16-24(34)31-17-12-18-32(20-19-31)26-25-21(3)30-33(22-14-9-8-10-15-22)27(25)29-23(28-26)13-5-2/h8-10,14-15H,4-7,11-13,16-20H2,1-3H3. The van der Waals surface area contributed by atoms with E-state index in [1.165, 1.54) is 12.8 Å². The lowest BCUT2D eigenvalue weighted by molar-refractivity contribution is -0.131. The van der Waals surface area contributed by atoms with E-state index in [9.17, 15) is 4.79 Å². The fourth-order valence-corrected chi connectivity index (χ4v) is 4.76. The van der Waals surface area contributed by atoms with Gasteiger partial charge in [0, 0.05) is 39.0 Å². The zero-order valence-corrected chi connectivity index (χ0v) is 21.0. The minimum Gasteiger partial charge on any atom is -0.354 e. The van der Waals surface area contributed by atoms with Gasteiger partial charge in [-0.05, 0) is 38.3 Å². The quantitative estimate of drug-likeness (QED) is 0.415. The van der Waals surface area contributed by atoms with Crippen molar-refractivity contribution in [3.05, 3.63) is 41.9 Å². The summed E-state index contributed by atoms with van der Waals surface area (Å²) in [4.78, 5) is 27.1. The van der Waals surface area contributed by atoms with E-state index in [-0.39, 0.29) is 0 Å². The first kappa shape index (κ1) is 24.2. The Labute approximate surface area is 203 Å². The fraction of sp³-hybridized carbons (Fsp3) is 0.556. The summed E-state index contributed by atoms with van der Waals surface area (Å²) in [5, 5.41) is 5.87. The highest BCUT2D eigenvalue weighted by Gasteiger charge is 2.24. The molecule has 3 heterocycles. The zero-order chi connectivity index (χ0) is 23.9. The Kier molecular flexibility index (Phi) is 8.14. The number of hydrogen-bond donors (Lipinski definition) is 0. The SMILES string of the molecule is CCCCCCC(=O)N1CCCN(c2nc(CCC)nc3c2c(C)nn3-c2ccccc2)CC1. The van der Waals surface area contributed by atoms with E-state index in [4.69, 9.17) is 15.1 Å². The first-order valence-electron chi connectivity index (χ1n) is 13.0. The maximum Gasteiger partial charge on any atom is 0.222 e. The first-order valence-corrected chi connectivity index (χ1v) is 13.0. The van der Waals surface area contributed by atoms with Crippen LogP contribution in [-0.2, 0) is 11.2 Å². The summed E-state index contributed by atoms with van der Waals surface area (Å²) in [6.45, 7) is 9.63. The number of nitrogens with zero attached hydrogens (tertiary/aromatic N) is 6. The van der Waals surface area contributed by atoms with Gasteiger partial charge in [-0.15, -0.1) is 0 Å². The lowest BCUT2D eigenvalue weighted by atomic mass is 10.1. The molecule has 1 saturated heterocycles. The zero-order valence-electron chi connectivity index (χ0n) is 21.0. The first-order chi connectivity index (χ1) is 16.6. The molecule has 34 heavy (non-hydrogen) atoms. The van der Waals surface area contributed by atoms with Crippen LogP contribution in [0.5, 0.6) is 0 Å². The summed E-state index contributed by atoms with van der Waals surface area (Å²) in [6, 6.07) is 10.2. The number of carbonyl (C=O) groups is 1. The number of carbonyl (C=O) groups excluding carboxylic acids is 1. The Hall–Kier alpha value is -2.96. The average molecular weight is 463 g/mol. The smallest absolute Gasteiger partial charge is 0.222 e. The maximum atomic E-state index is 12.8. The lowest BCUT2D eigenvalue weighted by Crippen LogP contribution is -2.35. The van der Waals surface area contributed by atoms with Crippen molar-refractivity contribution in [2.45, 2.75) is 72.1 Å². The number of aromatic nitrogens is 4. The van der Waals surface area contributed by atoms with Crippen LogP contribution in [0.1, 0.15) is 70.3 Å². The number of unbranched alkanes of at least 4 members (excludes halogenated alkanes) is 3. The third kappa shape index (κ3) is 5.40. The average Bonchev–Trinajstić information content (AvgIpc) is 3.02. The molecule has 0 radical (unpaired) electrons. The van der Waals surface area contributed by atoms with Crippen molar-refractivity contribution in [2.75, 3.05) is 31.1 Å². The van der Waals surface area contributed by atoms with Crippen LogP contribution in [0.3, 0.4) is 0 Å². The minimum absolute atomic E-state index is 0.297. The Bertz CT molecular complexity index is 1090. The van der Waals surface area contributed by atoms with Gasteiger partial charge in [0.1, 0.15) is 11.6 Å². The number of rotatable bonds is 9. The Balaban J connectivity index is 1.61. The van der Waals surface area contributed by atoms with Crippen molar-refractivity contribution in [1.82, 2.24) is 24.6 Å². The van der Waals surface area contributed by atoms with Gasteiger partial charge < -0.3 is 9.80 Å². The van der Waals surface area contributed by atoms with Crippen molar-refractivity contribution >= 4 is 22.8 Å². The molecule has 1 aromatic carbocycles. The molecule has 1 fully saturated rings. The second-order valence-electron chi connectivity index (χ2n) is 9.28. The van der Waals surface area contributed by atoms with Gasteiger partial charge in [-0.25, -0.2) is 14.6 Å². The van der Waals surface area contributed by atoms with Gasteiger partial charge in [-0.3, -0.25) is 4.79 Å². The molecule has 4 rings (SSSR count). The number of fused-ring (bicyclic) bond motifs is 1. The predicted molar refractivity (Wildman–Crippen MR) is 138 cm³/mol. The molecule has 2 aromatic heterocycles. The van der Waals surface area contributed by atoms with Crippen LogP contribution in [-0.4, -0.2) is 56.7 Å². The van der Waals surface area contributed by atoms with E-state index < -0.39 is 0 Å². The number of benzene rings is 1. The predicted octanol–water partition coefficient (Wildman–Crippen LogP) is 5.09. The van der Waals surface area contributed by atoms with E-state index in [1.807, 2.05) is 29.8 Å². The number of para-hydroxylation sites is 1. The van der Waals surface area contributed by atoms with Gasteiger partial charge >= 0.3 is 0 Å². The molecule has 0 spiro atoms. The monoisotopic (exact) mass is 462 g/mol. The number of hydrogen-bond acceptors (Lipinski definition) is 5. The van der Waals surface area contributed by atoms with Crippen LogP contribution in [0, 0.1) is 6.92 Å². The van der Waals surface area contributed by atoms with E-state index in [2.05, 4.69) is 35.8 Å². The molecule has 3 aromatic rings. The summed E-state index contributed by atoms with van der Waals surface area (Å²) < 4.78 is 1.94. The van der Waals surface area contributed by atoms with Crippen LogP contribution in [0.25, 0.3) is 16.7 Å². The highest BCUT2D eigenvalue weighted by Crippen LogP contribution is 2.30. The Morgan fingerprint density at radius 1 is 0.941 bits per heavy atom. The van der Waals surface area contributed by atoms with E-state index in [1.54, 1.807) is 0 Å². The van der Waals surface area contributed by atoms with Gasteiger partial charge in [0.25, 0.3) is 0 Å². The molecule has 1 aliphatic rings. The van der Waals surface area contributed by atoms with Crippen LogP contribution in [0.15, 0.2) is 30.3 Å². The van der Waals surface area contributed by atoms with Gasteiger partial charge in [-0.2, -0.15) is 5.10 Å². The van der Waals surface area contributed by atoms with Gasteiger partial charge in [0.05, 0.1) is 16.8 Å². The Morgan fingerprint density at radius 3 is 2.53 bits per heavy atom. The molecule has 0 aliphatic carbocycles. The number of aryl methyl sites for hydroxylation is 2. The van der Waals surface area contributed by atoms with Crippen LogP contribution in [0.4, 0.5) is 5.82 Å². The molecular weight excluding hydrogens is 424 g/mol. The third-order valence-electron chi connectivity index (χ3n) is 6.60. The lowest BCUT2D eigenvalue weighted by Gasteiger charge is -2.24. The number of anilines is 1. The minimum atomic E-state index is 0.297. The van der Waals surface area contributed by atoms with E-state index >= 15 is 0 Å². The van der Waals surface area contributed by atoms with Crippen LogP contribution in [0.2, 0.25) is 0 Å². The molecule has 0 N–H and O–H groups in total. The van der Waals surface area contributed by atoms with Crippen molar-refractivity contribution in [1.29, 1.82) is 0 Å². The topological polar surface area (TPSA) is 67.2 Å². The molecule has 1 aliphatic heterocycles. The summed E-state index contributed by atoms with van der Waals surface area (Å²) in [6.07, 6.45) is 7.98. The van der Waals surface area contributed by atoms with Crippen molar-refractivity contribution in [2.24, 2.45) is 0 Å². The maximum absolute atomic E-state index is 12.8. The van der Waals surface area contributed by atoms with Crippen molar-refractivity contribution in [3.63, 3.8) is 0 Å². The molecular formula is C27H38N6O. The van der Waals surface area contributed by atoms with E-state index in [0.29, 0.717) is 12.3 Å². The highest BCUT2D eigenvalue weighted by molar-refractivity contribution is 5.91. The number of amides is 1. The van der Waals surface area contributed by atoms with Crippen LogP contribution < -0.4 is 4.90 Å². The van der Waals surface area contributed by atoms with Crippen LogP contribution >= 0.6 is 0 Å². The highest BCUT2D eigenvalue weighted by atomic mass is 16.2. The molecule has 182 valence electrons. The van der Waals surface area contributed by atoms with Gasteiger partial charge in [0.15, 0.2) is 5.65 Å². The molecule has 1 amide bonds. The molecule has 7 heteroatoms. The van der Waals surface area contributed by atoms with E-state index in [0.717, 1.165) is 92.3 Å². The van der Waals surface area contributed by atoms with Gasteiger partial charge in [0.2, 0.25) is 5.91 Å². The van der Waals surface area contributed by atoms with Crippen molar-refractivity contribution in [3.8, 4) is 5.69 Å². The summed E-state index contributed by atoms with van der Waals surface area (Å²) in [7, 11) is 0. The molecule has 0 atom stereocenters. The normalized spacial score (nSPS) is 14.6. The van der Waals surface area contributed by atoms with Crippen molar-refractivity contribution < 1.29 is 4.79 Å². The summed E-state index contributed by atoms with van der Waals surface area (Å²) in [5.41, 5.74) is 2.80. The molecule has 0 saturated carbocycles. The third-order valence-corrected chi connectivity index (χ3v) is 6.60. The second-order valence-corrected chi connectivity index (χ2v) is 9.28. The molecule has 7 nitrogen and oxygen atoms in total. The fourth-order valence-electron chi connectivity index (χ4n) is 4.76. The second kappa shape index (κ2) is 11.4. The molecule has 0 bridgehead atoms. The largest absolute Gasteiger partial charge is 0.354 e. The summed E-state index contributed by atoms with van der Waals surface area (Å²) >= 11 is 0. The van der Waals surface area contributed by atoms with Gasteiger partial charge in [-0.1, -0.05) is 51.3 Å². The Morgan fingerprint density at radius 2 is 1.76 bits per heavy atom. The molecule has 0 unspecified atom stereocenters. The summed E-state index contributed by atoms with van der Waals surface area (Å²) in [5.74, 6) is 2.12.